The fraction of sp³-hybridized carbons (Fsp3) is 0.609. The van der Waals surface area contributed by atoms with E-state index in [0.29, 0.717) is 32.2 Å². The van der Waals surface area contributed by atoms with Crippen LogP contribution in [0.1, 0.15) is 53.5 Å². The van der Waals surface area contributed by atoms with Crippen molar-refractivity contribution in [1.29, 1.82) is 0 Å². The van der Waals surface area contributed by atoms with Gasteiger partial charge < -0.3 is 14.2 Å². The number of ether oxygens (including phenoxy) is 3. The van der Waals surface area contributed by atoms with Gasteiger partial charge in [0.2, 0.25) is 0 Å². The Labute approximate surface area is 173 Å². The van der Waals surface area contributed by atoms with Crippen LogP contribution in [0, 0.1) is 5.41 Å². The number of benzene rings is 1. The minimum Gasteiger partial charge on any atom is -0.465 e. The Morgan fingerprint density at radius 1 is 1.17 bits per heavy atom. The Bertz CT molecular complexity index is 738. The van der Waals surface area contributed by atoms with Crippen molar-refractivity contribution in [2.75, 3.05) is 13.2 Å². The highest BCUT2D eigenvalue weighted by molar-refractivity contribution is 5.77. The van der Waals surface area contributed by atoms with Gasteiger partial charge in [-0.3, -0.25) is 9.63 Å². The lowest BCUT2D eigenvalue weighted by atomic mass is 9.95. The topological polar surface area (TPSA) is 57.2 Å². The molecule has 1 aromatic rings. The first-order chi connectivity index (χ1) is 13.6. The number of rotatable bonds is 4. The first-order valence-corrected chi connectivity index (χ1v) is 10.2. The Morgan fingerprint density at radius 3 is 2.38 bits per heavy atom. The first-order valence-electron chi connectivity index (χ1n) is 10.2. The molecule has 2 fully saturated rings. The Morgan fingerprint density at radius 2 is 1.79 bits per heavy atom. The maximum absolute atomic E-state index is 12.9. The molecule has 2 aliphatic rings. The lowest BCUT2D eigenvalue weighted by Crippen LogP contribution is -2.43. The minimum absolute atomic E-state index is 0.0278. The molecule has 3 rings (SSSR count). The second kappa shape index (κ2) is 8.36. The number of nitrogens with zero attached hydrogens (tertiary/aromatic N) is 1. The number of hydrogen-bond donors (Lipinski definition) is 0. The molecular weight excluding hydrogens is 370 g/mol. The molecule has 2 heterocycles. The van der Waals surface area contributed by atoms with Gasteiger partial charge in [0.05, 0.1) is 25.9 Å². The van der Waals surface area contributed by atoms with Gasteiger partial charge in [-0.1, -0.05) is 44.2 Å². The van der Waals surface area contributed by atoms with Crippen molar-refractivity contribution in [2.45, 2.75) is 72.3 Å². The number of esters is 1. The zero-order valence-corrected chi connectivity index (χ0v) is 18.4. The monoisotopic (exact) mass is 403 g/mol. The summed E-state index contributed by atoms with van der Waals surface area (Å²) in [5.74, 6) is 0.223. The molecule has 6 heteroatoms. The lowest BCUT2D eigenvalue weighted by Gasteiger charge is -2.32. The van der Waals surface area contributed by atoms with E-state index >= 15 is 0 Å². The molecule has 2 saturated heterocycles. The van der Waals surface area contributed by atoms with E-state index in [0.717, 1.165) is 11.1 Å². The molecule has 2 aliphatic heterocycles. The molecule has 0 spiro atoms. The second-order valence-electron chi connectivity index (χ2n) is 9.60. The molecule has 0 N–H and O–H groups in total. The molecule has 160 valence electrons. The summed E-state index contributed by atoms with van der Waals surface area (Å²) in [5.41, 5.74) is 1.38. The Hall–Kier alpha value is -2.05. The lowest BCUT2D eigenvalue weighted by molar-refractivity contribution is -0.213. The molecule has 0 amide bonds. The Kier molecular flexibility index (Phi) is 6.24. The fourth-order valence-electron chi connectivity index (χ4n) is 3.42. The maximum Gasteiger partial charge on any atom is 0.326 e. The van der Waals surface area contributed by atoms with Gasteiger partial charge in [0.25, 0.3) is 5.95 Å². The first kappa shape index (κ1) is 21.7. The number of carbonyl (C=O) groups excluding carboxylic acids is 1. The van der Waals surface area contributed by atoms with Crippen LogP contribution in [0.2, 0.25) is 0 Å². The van der Waals surface area contributed by atoms with Gasteiger partial charge in [-0.05, 0) is 33.3 Å². The van der Waals surface area contributed by atoms with Crippen LogP contribution >= 0.6 is 0 Å². The normalized spacial score (nSPS) is 24.8. The van der Waals surface area contributed by atoms with E-state index in [9.17, 15) is 4.79 Å². The van der Waals surface area contributed by atoms with E-state index in [1.165, 1.54) is 0 Å². The smallest absolute Gasteiger partial charge is 0.326 e. The molecule has 6 nitrogen and oxygen atoms in total. The second-order valence-corrected chi connectivity index (χ2v) is 9.60. The fourth-order valence-corrected chi connectivity index (χ4v) is 3.42. The van der Waals surface area contributed by atoms with E-state index in [1.807, 2.05) is 58.0 Å². The van der Waals surface area contributed by atoms with Gasteiger partial charge in [0.1, 0.15) is 11.6 Å². The summed E-state index contributed by atoms with van der Waals surface area (Å²) in [5, 5.41) is 1.73. The maximum atomic E-state index is 12.9. The molecule has 0 saturated carbocycles. The third kappa shape index (κ3) is 5.52. The van der Waals surface area contributed by atoms with Crippen molar-refractivity contribution in [1.82, 2.24) is 5.06 Å². The quantitative estimate of drug-likeness (QED) is 0.702. The van der Waals surface area contributed by atoms with Gasteiger partial charge in [0.15, 0.2) is 0 Å². The molecule has 0 aliphatic carbocycles. The highest BCUT2D eigenvalue weighted by atomic mass is 16.7. The molecular formula is C23H33NO5. The third-order valence-electron chi connectivity index (χ3n) is 4.96. The van der Waals surface area contributed by atoms with Crippen LogP contribution in [0.3, 0.4) is 0 Å². The average molecular weight is 404 g/mol. The number of hydrogen-bond acceptors (Lipinski definition) is 6. The molecule has 29 heavy (non-hydrogen) atoms. The summed E-state index contributed by atoms with van der Waals surface area (Å²) in [7, 11) is 0. The largest absolute Gasteiger partial charge is 0.465 e. The van der Waals surface area contributed by atoms with Crippen LogP contribution in [0.25, 0.3) is 0 Å². The molecule has 0 bridgehead atoms. The van der Waals surface area contributed by atoms with Gasteiger partial charge in [-0.2, -0.15) is 5.06 Å². The predicted molar refractivity (Wildman–Crippen MR) is 109 cm³/mol. The van der Waals surface area contributed by atoms with E-state index in [2.05, 4.69) is 13.8 Å². The van der Waals surface area contributed by atoms with E-state index in [1.54, 1.807) is 5.06 Å². The van der Waals surface area contributed by atoms with Crippen molar-refractivity contribution in [3.05, 3.63) is 47.4 Å². The molecule has 0 unspecified atom stereocenters. The summed E-state index contributed by atoms with van der Waals surface area (Å²) < 4.78 is 17.5. The average Bonchev–Trinajstić information content (AvgIpc) is 2.96. The van der Waals surface area contributed by atoms with Crippen molar-refractivity contribution in [2.24, 2.45) is 5.41 Å². The Balaban J connectivity index is 1.80. The van der Waals surface area contributed by atoms with Gasteiger partial charge in [-0.15, -0.1) is 0 Å². The van der Waals surface area contributed by atoms with Crippen LogP contribution in [0.4, 0.5) is 0 Å². The highest BCUT2D eigenvalue weighted by Crippen LogP contribution is 2.37. The predicted octanol–water partition coefficient (Wildman–Crippen LogP) is 4.21. The van der Waals surface area contributed by atoms with Crippen LogP contribution in [0.15, 0.2) is 41.9 Å². The van der Waals surface area contributed by atoms with Gasteiger partial charge >= 0.3 is 5.97 Å². The number of hydroxylamine groups is 2. The summed E-state index contributed by atoms with van der Waals surface area (Å²) >= 11 is 0. The SMILES string of the molecule is C[C@@H]1C(=C2OCC(C)(C)CO2)C[C@H](C(=O)OC(C)(C)C)N1OCc1ccccc1. The third-order valence-corrected chi connectivity index (χ3v) is 4.96. The van der Waals surface area contributed by atoms with Gasteiger partial charge in [-0.25, -0.2) is 0 Å². The van der Waals surface area contributed by atoms with Crippen LogP contribution in [0.5, 0.6) is 0 Å². The zero-order chi connectivity index (χ0) is 21.2. The van der Waals surface area contributed by atoms with Crippen molar-refractivity contribution < 1.29 is 23.8 Å². The zero-order valence-electron chi connectivity index (χ0n) is 18.4. The number of carbonyl (C=O) groups is 1. The van der Waals surface area contributed by atoms with Crippen LogP contribution in [-0.2, 0) is 30.4 Å². The standard InChI is InChI=1S/C23H33NO5/c1-16-18(21-26-14-23(5,6)15-27-21)12-19(20(25)29-22(2,3)4)24(16)28-13-17-10-8-7-9-11-17/h7-11,16,19H,12-15H2,1-6H3/t16-,19-/m1/s1. The summed E-state index contributed by atoms with van der Waals surface area (Å²) in [6.45, 7) is 13.4. The minimum atomic E-state index is -0.566. The summed E-state index contributed by atoms with van der Waals surface area (Å²) in [6.07, 6.45) is 0.459. The van der Waals surface area contributed by atoms with Crippen molar-refractivity contribution in [3.63, 3.8) is 0 Å². The van der Waals surface area contributed by atoms with Gasteiger partial charge in [0, 0.05) is 17.4 Å². The van der Waals surface area contributed by atoms with Crippen molar-refractivity contribution in [3.8, 4) is 0 Å². The van der Waals surface area contributed by atoms with Crippen molar-refractivity contribution >= 4 is 5.97 Å². The van der Waals surface area contributed by atoms with E-state index < -0.39 is 11.6 Å². The molecule has 0 aromatic heterocycles. The molecule has 2 atom stereocenters. The summed E-state index contributed by atoms with van der Waals surface area (Å²) in [6, 6.07) is 9.20. The van der Waals surface area contributed by atoms with E-state index in [-0.39, 0.29) is 17.4 Å². The summed E-state index contributed by atoms with van der Waals surface area (Å²) in [4.78, 5) is 19.0. The molecule has 1 aromatic carbocycles. The van der Waals surface area contributed by atoms with E-state index in [4.69, 9.17) is 19.0 Å². The highest BCUT2D eigenvalue weighted by Gasteiger charge is 2.45. The van der Waals surface area contributed by atoms with Crippen LogP contribution < -0.4 is 0 Å². The van der Waals surface area contributed by atoms with Crippen LogP contribution in [-0.4, -0.2) is 41.9 Å². The molecule has 0 radical (unpaired) electrons.